The van der Waals surface area contributed by atoms with Gasteiger partial charge in [-0.15, -0.1) is 0 Å². The Labute approximate surface area is 222 Å². The molecule has 1 amide bonds. The molecular weight excluding hydrogens is 512 g/mol. The summed E-state index contributed by atoms with van der Waals surface area (Å²) in [5.74, 6) is -0.959. The van der Waals surface area contributed by atoms with Gasteiger partial charge in [0.2, 0.25) is 0 Å². The van der Waals surface area contributed by atoms with Crippen LogP contribution in [0.25, 0.3) is 16.0 Å². The number of carbonyl (C=O) groups is 2. The fraction of sp³-hybridized carbons (Fsp3) is 0.179. The third-order valence-corrected chi connectivity index (χ3v) is 7.61. The van der Waals surface area contributed by atoms with Crippen LogP contribution in [0, 0.1) is 0 Å². The highest BCUT2D eigenvalue weighted by atomic mass is 35.5. The van der Waals surface area contributed by atoms with Gasteiger partial charge in [-0.05, 0) is 66.1 Å². The number of aromatic nitrogens is 1. The molecule has 1 aliphatic rings. The molecule has 1 saturated heterocycles. The number of aryl methyl sites for hydroxylation is 1. The second-order valence-electron chi connectivity index (χ2n) is 8.44. The highest BCUT2D eigenvalue weighted by Crippen LogP contribution is 2.46. The minimum atomic E-state index is -0.943. The van der Waals surface area contributed by atoms with Crippen molar-refractivity contribution in [3.63, 3.8) is 0 Å². The van der Waals surface area contributed by atoms with Gasteiger partial charge in [-0.2, -0.15) is 0 Å². The quantitative estimate of drug-likeness (QED) is 0.181. The zero-order chi connectivity index (χ0) is 26.3. The van der Waals surface area contributed by atoms with Gasteiger partial charge in [0.1, 0.15) is 5.76 Å². The molecule has 3 aromatic carbocycles. The number of aliphatic hydroxyl groups is 1. The van der Waals surface area contributed by atoms with Crippen LogP contribution in [0.2, 0.25) is 5.02 Å². The molecule has 0 radical (unpaired) electrons. The first-order valence-corrected chi connectivity index (χ1v) is 12.7. The Morgan fingerprint density at radius 2 is 1.76 bits per heavy atom. The first-order chi connectivity index (χ1) is 17.9. The first kappa shape index (κ1) is 24.8. The molecule has 0 spiro atoms. The molecule has 37 heavy (non-hydrogen) atoms. The van der Waals surface area contributed by atoms with Gasteiger partial charge in [0, 0.05) is 10.6 Å². The molecule has 9 heteroatoms. The summed E-state index contributed by atoms with van der Waals surface area (Å²) in [6.07, 6.45) is 0.862. The molecule has 188 valence electrons. The lowest BCUT2D eigenvalue weighted by molar-refractivity contribution is -0.132. The van der Waals surface area contributed by atoms with Crippen LogP contribution < -0.4 is 14.4 Å². The highest BCUT2D eigenvalue weighted by Gasteiger charge is 2.48. The van der Waals surface area contributed by atoms with Gasteiger partial charge in [-0.3, -0.25) is 14.5 Å². The number of anilines is 1. The minimum absolute atomic E-state index is 0.0481. The summed E-state index contributed by atoms with van der Waals surface area (Å²) in [4.78, 5) is 32.9. The van der Waals surface area contributed by atoms with Crippen LogP contribution in [0.3, 0.4) is 0 Å². The van der Waals surface area contributed by atoms with Crippen molar-refractivity contribution in [3.8, 4) is 11.5 Å². The molecule has 1 aromatic heterocycles. The maximum atomic E-state index is 13.5. The number of ketones is 1. The molecule has 0 saturated carbocycles. The Morgan fingerprint density at radius 1 is 1.03 bits per heavy atom. The van der Waals surface area contributed by atoms with E-state index in [1.807, 2.05) is 18.2 Å². The predicted molar refractivity (Wildman–Crippen MR) is 145 cm³/mol. The van der Waals surface area contributed by atoms with Gasteiger partial charge in [0.15, 0.2) is 16.6 Å². The number of fused-ring (bicyclic) bond motifs is 1. The van der Waals surface area contributed by atoms with E-state index in [9.17, 15) is 14.7 Å². The van der Waals surface area contributed by atoms with Gasteiger partial charge in [-0.25, -0.2) is 4.98 Å². The lowest BCUT2D eigenvalue weighted by atomic mass is 9.95. The number of carbonyl (C=O) groups excluding carboxylic acids is 2. The second kappa shape index (κ2) is 9.88. The lowest BCUT2D eigenvalue weighted by Crippen LogP contribution is -2.29. The number of thiazole rings is 1. The Bertz CT molecular complexity index is 1560. The van der Waals surface area contributed by atoms with E-state index >= 15 is 0 Å². The fourth-order valence-electron chi connectivity index (χ4n) is 4.41. The maximum absolute atomic E-state index is 13.5. The van der Waals surface area contributed by atoms with Crippen LogP contribution in [-0.4, -0.2) is 36.0 Å². The summed E-state index contributed by atoms with van der Waals surface area (Å²) >= 11 is 7.34. The number of halogens is 1. The van der Waals surface area contributed by atoms with Crippen LogP contribution in [0.5, 0.6) is 11.5 Å². The molecule has 7 nitrogen and oxygen atoms in total. The van der Waals surface area contributed by atoms with Crippen molar-refractivity contribution in [2.75, 3.05) is 19.1 Å². The van der Waals surface area contributed by atoms with Crippen LogP contribution >= 0.6 is 22.9 Å². The van der Waals surface area contributed by atoms with E-state index in [1.165, 1.54) is 30.5 Å². The zero-order valence-corrected chi connectivity index (χ0v) is 21.9. The van der Waals surface area contributed by atoms with Crippen molar-refractivity contribution in [1.29, 1.82) is 0 Å². The number of methoxy groups -OCH3 is 2. The third-order valence-electron chi connectivity index (χ3n) is 6.34. The largest absolute Gasteiger partial charge is 0.507 e. The number of amides is 1. The highest BCUT2D eigenvalue weighted by molar-refractivity contribution is 7.22. The Kier molecular flexibility index (Phi) is 6.62. The average Bonchev–Trinajstić information content (AvgIpc) is 3.45. The van der Waals surface area contributed by atoms with E-state index in [4.69, 9.17) is 21.1 Å². The van der Waals surface area contributed by atoms with Gasteiger partial charge in [-0.1, -0.05) is 42.0 Å². The minimum Gasteiger partial charge on any atom is -0.507 e. The van der Waals surface area contributed by atoms with Crippen molar-refractivity contribution >= 4 is 55.7 Å². The maximum Gasteiger partial charge on any atom is 0.301 e. The molecule has 0 bridgehead atoms. The topological polar surface area (TPSA) is 89.0 Å². The SMILES string of the molecule is CCc1ccc2nc(N3C(=O)C(=O)/C(=C(/O)c4ccc(Cl)cc4)C3c3ccc(OC)c(OC)c3)sc2c1. The Morgan fingerprint density at radius 3 is 2.43 bits per heavy atom. The summed E-state index contributed by atoms with van der Waals surface area (Å²) in [5.41, 5.74) is 2.74. The third kappa shape index (κ3) is 4.32. The van der Waals surface area contributed by atoms with Gasteiger partial charge in [0.25, 0.3) is 5.78 Å². The average molecular weight is 535 g/mol. The number of Topliss-reactive ketones (excluding diaryl/α,β-unsaturated/α-hetero) is 1. The number of aliphatic hydroxyl groups excluding tert-OH is 1. The van der Waals surface area contributed by atoms with E-state index in [2.05, 4.69) is 11.9 Å². The van der Waals surface area contributed by atoms with Crippen LogP contribution in [0.15, 0.2) is 66.2 Å². The second-order valence-corrected chi connectivity index (χ2v) is 9.89. The predicted octanol–water partition coefficient (Wildman–Crippen LogP) is 6.16. The molecule has 1 unspecified atom stereocenters. The number of benzene rings is 3. The van der Waals surface area contributed by atoms with E-state index < -0.39 is 17.7 Å². The normalized spacial score (nSPS) is 17.0. The number of hydrogen-bond donors (Lipinski definition) is 1. The van der Waals surface area contributed by atoms with Gasteiger partial charge < -0.3 is 14.6 Å². The monoisotopic (exact) mass is 534 g/mol. The summed E-state index contributed by atoms with van der Waals surface area (Å²) in [5, 5.41) is 12.1. The van der Waals surface area contributed by atoms with Crippen molar-refractivity contribution in [1.82, 2.24) is 4.98 Å². The van der Waals surface area contributed by atoms with Crippen molar-refractivity contribution in [2.45, 2.75) is 19.4 Å². The van der Waals surface area contributed by atoms with E-state index in [0.717, 1.165) is 22.2 Å². The smallest absolute Gasteiger partial charge is 0.301 e. The molecule has 0 aliphatic carbocycles. The fourth-order valence-corrected chi connectivity index (χ4v) is 5.59. The van der Waals surface area contributed by atoms with Crippen molar-refractivity contribution in [2.24, 2.45) is 0 Å². The van der Waals surface area contributed by atoms with Gasteiger partial charge >= 0.3 is 5.91 Å². The summed E-state index contributed by atoms with van der Waals surface area (Å²) in [6, 6.07) is 16.5. The van der Waals surface area contributed by atoms with Crippen LogP contribution in [0.1, 0.15) is 29.7 Å². The Hall–Kier alpha value is -3.88. The zero-order valence-electron chi connectivity index (χ0n) is 20.3. The van der Waals surface area contributed by atoms with Crippen molar-refractivity contribution < 1.29 is 24.2 Å². The number of hydrogen-bond acceptors (Lipinski definition) is 7. The molecule has 5 rings (SSSR count). The number of nitrogens with zero attached hydrogens (tertiary/aromatic N) is 2. The van der Waals surface area contributed by atoms with E-state index in [-0.39, 0.29) is 11.3 Å². The van der Waals surface area contributed by atoms with E-state index in [1.54, 1.807) is 42.5 Å². The van der Waals surface area contributed by atoms with Crippen molar-refractivity contribution in [3.05, 3.63) is 87.9 Å². The molecular formula is C28H23ClN2O5S. The van der Waals surface area contributed by atoms with Gasteiger partial charge in [0.05, 0.1) is 36.1 Å². The summed E-state index contributed by atoms with van der Waals surface area (Å²) < 4.78 is 11.7. The molecule has 1 fully saturated rings. The molecule has 1 aliphatic heterocycles. The first-order valence-electron chi connectivity index (χ1n) is 11.5. The Balaban J connectivity index is 1.73. The standard InChI is InChI=1S/C28H23ClN2O5S/c1-4-15-5-11-19-22(13-15)37-28(30-19)31-24(17-8-12-20(35-2)21(14-17)36-3)23(26(33)27(31)34)25(32)16-6-9-18(29)10-7-16/h5-14,24,32H,4H2,1-3H3/b25-23+. The number of rotatable bonds is 6. The summed E-state index contributed by atoms with van der Waals surface area (Å²) in [7, 11) is 3.03. The van der Waals surface area contributed by atoms with Crippen LogP contribution in [-0.2, 0) is 16.0 Å². The van der Waals surface area contributed by atoms with E-state index in [0.29, 0.717) is 32.8 Å². The molecule has 2 heterocycles. The molecule has 4 aromatic rings. The molecule has 1 N–H and O–H groups in total. The van der Waals surface area contributed by atoms with Crippen LogP contribution in [0.4, 0.5) is 5.13 Å². The lowest BCUT2D eigenvalue weighted by Gasteiger charge is -2.23. The molecule has 1 atom stereocenters. The number of ether oxygens (including phenoxy) is 2. The summed E-state index contributed by atoms with van der Waals surface area (Å²) in [6.45, 7) is 2.06.